The van der Waals surface area contributed by atoms with Gasteiger partial charge in [-0.25, -0.2) is 9.59 Å². The lowest BCUT2D eigenvalue weighted by molar-refractivity contribution is -0.159. The summed E-state index contributed by atoms with van der Waals surface area (Å²) < 4.78 is 1.70. The zero-order chi connectivity index (χ0) is 21.8. The molecule has 4 rings (SSSR count). The van der Waals surface area contributed by atoms with Gasteiger partial charge in [-0.1, -0.05) is 6.07 Å². The molecule has 1 aromatic carbocycles. The van der Waals surface area contributed by atoms with E-state index in [0.717, 1.165) is 47.3 Å². The van der Waals surface area contributed by atoms with Gasteiger partial charge in [-0.2, -0.15) is 0 Å². The van der Waals surface area contributed by atoms with Crippen LogP contribution in [0.15, 0.2) is 41.9 Å². The predicted octanol–water partition coefficient (Wildman–Crippen LogP) is 2.61. The molecule has 0 spiro atoms. The molecule has 9 heteroatoms. The first kappa shape index (κ1) is 21.5. The Kier molecular flexibility index (Phi) is 6.53. The molecule has 3 heterocycles. The molecule has 0 radical (unpaired) electrons. The maximum atomic E-state index is 12.7. The van der Waals surface area contributed by atoms with E-state index < -0.39 is 11.9 Å². The number of rotatable bonds is 3. The Hall–Kier alpha value is -3.17. The largest absolute Gasteiger partial charge is 0.473 e. The van der Waals surface area contributed by atoms with Crippen LogP contribution in [-0.4, -0.2) is 57.6 Å². The molecule has 30 heavy (non-hydrogen) atoms. The summed E-state index contributed by atoms with van der Waals surface area (Å²) in [4.78, 5) is 34.0. The van der Waals surface area contributed by atoms with E-state index in [1.807, 2.05) is 41.9 Å². The summed E-state index contributed by atoms with van der Waals surface area (Å²) in [6.07, 6.45) is 4.32. The molecule has 1 aliphatic rings. The molecule has 1 fully saturated rings. The number of ketones is 1. The molecule has 0 amide bonds. The number of nitrogen functional groups attached to an aromatic ring is 1. The maximum absolute atomic E-state index is 12.7. The number of carbonyl (C=O) groups excluding carboxylic acids is 1. The second-order valence-corrected chi connectivity index (χ2v) is 8.17. The van der Waals surface area contributed by atoms with E-state index in [0.29, 0.717) is 5.92 Å². The molecule has 0 aliphatic carbocycles. The van der Waals surface area contributed by atoms with E-state index in [1.165, 1.54) is 16.9 Å². The highest BCUT2D eigenvalue weighted by atomic mass is 32.1. The number of likely N-dealkylation sites (tertiary alicyclic amines) is 1. The lowest BCUT2D eigenvalue weighted by Crippen LogP contribution is -2.29. The van der Waals surface area contributed by atoms with E-state index >= 15 is 0 Å². The molecule has 158 valence electrons. The highest BCUT2D eigenvalue weighted by Gasteiger charge is 2.23. The third-order valence-corrected chi connectivity index (χ3v) is 6.08. The third kappa shape index (κ3) is 4.69. The number of thiophene rings is 1. The zero-order valence-corrected chi connectivity index (χ0v) is 17.3. The number of nitrogens with zero attached hydrogens (tertiary/aromatic N) is 2. The van der Waals surface area contributed by atoms with Crippen LogP contribution in [0.25, 0.3) is 10.9 Å². The normalized spacial score (nSPS) is 14.8. The van der Waals surface area contributed by atoms with Crippen molar-refractivity contribution in [3.63, 3.8) is 0 Å². The van der Waals surface area contributed by atoms with E-state index in [-0.39, 0.29) is 5.78 Å². The first-order valence-electron chi connectivity index (χ1n) is 9.41. The molecule has 2 aromatic heterocycles. The fourth-order valence-corrected chi connectivity index (χ4v) is 4.30. The number of aliphatic carboxylic acids is 2. The summed E-state index contributed by atoms with van der Waals surface area (Å²) in [5.41, 5.74) is 3.01. The maximum Gasteiger partial charge on any atom is 0.414 e. The van der Waals surface area contributed by atoms with Crippen LogP contribution in [0, 0.1) is 0 Å². The van der Waals surface area contributed by atoms with Gasteiger partial charge in [-0.05, 0) is 74.1 Å². The molecule has 1 saturated heterocycles. The average molecular weight is 429 g/mol. The Labute approximate surface area is 177 Å². The number of benzene rings is 1. The molecule has 1 aliphatic heterocycles. The Morgan fingerprint density at radius 3 is 2.33 bits per heavy atom. The topological polar surface area (TPSA) is 126 Å². The van der Waals surface area contributed by atoms with Gasteiger partial charge in [0.25, 0.3) is 0 Å². The van der Waals surface area contributed by atoms with E-state index in [2.05, 4.69) is 11.9 Å². The van der Waals surface area contributed by atoms with Gasteiger partial charge in [0, 0.05) is 17.1 Å². The smallest absolute Gasteiger partial charge is 0.414 e. The third-order valence-electron chi connectivity index (χ3n) is 5.21. The second kappa shape index (κ2) is 9.10. The van der Waals surface area contributed by atoms with Crippen molar-refractivity contribution in [2.75, 3.05) is 26.0 Å². The van der Waals surface area contributed by atoms with Crippen molar-refractivity contribution in [2.24, 2.45) is 0 Å². The monoisotopic (exact) mass is 429 g/mol. The van der Waals surface area contributed by atoms with Crippen LogP contribution < -0.4 is 5.84 Å². The Bertz CT molecular complexity index is 1050. The van der Waals surface area contributed by atoms with Crippen LogP contribution in [0.5, 0.6) is 0 Å². The first-order chi connectivity index (χ1) is 14.3. The molecule has 4 N–H and O–H groups in total. The summed E-state index contributed by atoms with van der Waals surface area (Å²) in [7, 11) is 2.17. The number of hydrogen-bond donors (Lipinski definition) is 3. The van der Waals surface area contributed by atoms with Gasteiger partial charge in [0.1, 0.15) is 0 Å². The summed E-state index contributed by atoms with van der Waals surface area (Å²) in [5.74, 6) is 3.11. The molecule has 3 aromatic rings. The van der Waals surface area contributed by atoms with Gasteiger partial charge in [-0.15, -0.1) is 11.3 Å². The van der Waals surface area contributed by atoms with E-state index in [4.69, 9.17) is 25.6 Å². The summed E-state index contributed by atoms with van der Waals surface area (Å²) in [6.45, 7) is 2.21. The number of hydrogen-bond acceptors (Lipinski definition) is 6. The van der Waals surface area contributed by atoms with Gasteiger partial charge in [0.2, 0.25) is 5.78 Å². The first-order valence-corrected chi connectivity index (χ1v) is 10.3. The van der Waals surface area contributed by atoms with Crippen LogP contribution >= 0.6 is 11.3 Å². The van der Waals surface area contributed by atoms with Crippen molar-refractivity contribution >= 4 is 40.0 Å². The number of piperidine rings is 1. The lowest BCUT2D eigenvalue weighted by atomic mass is 9.89. The van der Waals surface area contributed by atoms with Crippen molar-refractivity contribution in [3.8, 4) is 0 Å². The minimum Gasteiger partial charge on any atom is -0.473 e. The van der Waals surface area contributed by atoms with Crippen LogP contribution in [-0.2, 0) is 9.59 Å². The van der Waals surface area contributed by atoms with E-state index in [1.54, 1.807) is 4.68 Å². The van der Waals surface area contributed by atoms with Gasteiger partial charge >= 0.3 is 11.9 Å². The summed E-state index contributed by atoms with van der Waals surface area (Å²) in [6, 6.07) is 9.66. The molecule has 8 nitrogen and oxygen atoms in total. The van der Waals surface area contributed by atoms with Crippen LogP contribution in [0.1, 0.15) is 39.6 Å². The van der Waals surface area contributed by atoms with Crippen LogP contribution in [0.4, 0.5) is 0 Å². The number of carboxylic acids is 2. The zero-order valence-electron chi connectivity index (χ0n) is 16.4. The average Bonchev–Trinajstić information content (AvgIpc) is 3.37. The predicted molar refractivity (Wildman–Crippen MR) is 115 cm³/mol. The Balaban J connectivity index is 0.000000377. The number of nitrogens with two attached hydrogens (primary N) is 1. The molecule has 0 saturated carbocycles. The number of carboxylic acid groups (broad SMARTS) is 2. The van der Waals surface area contributed by atoms with Crippen molar-refractivity contribution < 1.29 is 24.6 Å². The van der Waals surface area contributed by atoms with Gasteiger partial charge in [0.15, 0.2) is 0 Å². The molecule has 0 unspecified atom stereocenters. The van der Waals surface area contributed by atoms with Gasteiger partial charge in [-0.3, -0.25) is 9.47 Å². The van der Waals surface area contributed by atoms with Gasteiger partial charge in [0.05, 0.1) is 10.4 Å². The minimum absolute atomic E-state index is 0.0889. The highest BCUT2D eigenvalue weighted by molar-refractivity contribution is 7.12. The summed E-state index contributed by atoms with van der Waals surface area (Å²) in [5, 5.41) is 17.8. The highest BCUT2D eigenvalue weighted by Crippen LogP contribution is 2.34. The number of aromatic nitrogens is 1. The Morgan fingerprint density at radius 2 is 1.77 bits per heavy atom. The van der Waals surface area contributed by atoms with Crippen molar-refractivity contribution in [1.82, 2.24) is 9.58 Å². The molecular weight excluding hydrogens is 406 g/mol. The fourth-order valence-electron chi connectivity index (χ4n) is 3.62. The van der Waals surface area contributed by atoms with Crippen LogP contribution in [0.2, 0.25) is 0 Å². The quantitative estimate of drug-likeness (QED) is 0.332. The standard InChI is InChI=1S/C19H21N3OS.C2H2O4/c1-21-8-6-13(7-9-21)16-12-22(20)17-5-4-14(11-15(16)17)19(23)18-3-2-10-24-18;3-1(4)2(5)6/h2-5,10-13H,6-9,20H2,1H3;(H,3,4)(H,5,6). The number of fused-ring (bicyclic) bond motifs is 1. The van der Waals surface area contributed by atoms with Crippen LogP contribution in [0.3, 0.4) is 0 Å². The molecular formula is C21H23N3O5S. The van der Waals surface area contributed by atoms with Crippen molar-refractivity contribution in [3.05, 3.63) is 57.9 Å². The molecule has 0 bridgehead atoms. The Morgan fingerprint density at radius 1 is 1.10 bits per heavy atom. The number of carbonyl (C=O) groups is 3. The second-order valence-electron chi connectivity index (χ2n) is 7.22. The minimum atomic E-state index is -1.82. The van der Waals surface area contributed by atoms with Crippen molar-refractivity contribution in [1.29, 1.82) is 0 Å². The summed E-state index contributed by atoms with van der Waals surface area (Å²) >= 11 is 1.48. The molecule has 0 atom stereocenters. The fraction of sp³-hybridized carbons (Fsp3) is 0.286. The van der Waals surface area contributed by atoms with E-state index in [9.17, 15) is 4.79 Å². The lowest BCUT2D eigenvalue weighted by Gasteiger charge is -2.28. The van der Waals surface area contributed by atoms with Crippen molar-refractivity contribution in [2.45, 2.75) is 18.8 Å². The SMILES string of the molecule is CN1CCC(c2cn(N)c3ccc(C(=O)c4cccs4)cc23)CC1.O=C(O)C(=O)O. The van der Waals surface area contributed by atoms with Gasteiger partial charge < -0.3 is 21.0 Å².